The van der Waals surface area contributed by atoms with Crippen molar-refractivity contribution in [3.63, 3.8) is 0 Å². The second kappa shape index (κ2) is 8.49. The Morgan fingerprint density at radius 2 is 1.79 bits per heavy atom. The van der Waals surface area contributed by atoms with Crippen molar-refractivity contribution in [1.82, 2.24) is 9.97 Å². The molecule has 0 saturated carbocycles. The highest BCUT2D eigenvalue weighted by Gasteiger charge is 2.23. The van der Waals surface area contributed by atoms with Crippen LogP contribution in [0.1, 0.15) is 36.7 Å². The van der Waals surface area contributed by atoms with Crippen LogP contribution in [0.2, 0.25) is 0 Å². The molecule has 4 aromatic rings. The lowest BCUT2D eigenvalue weighted by molar-refractivity contribution is -0.347. The predicted octanol–water partition coefficient (Wildman–Crippen LogP) is 4.01. The van der Waals surface area contributed by atoms with Gasteiger partial charge in [-0.25, -0.2) is 22.2 Å². The van der Waals surface area contributed by atoms with Crippen molar-refractivity contribution in [3.05, 3.63) is 77.8 Å². The number of sulfonamides is 1. The fourth-order valence-corrected chi connectivity index (χ4v) is 4.32. The molecule has 0 atom stereocenters. The topological polar surface area (TPSA) is 118 Å². The zero-order chi connectivity index (χ0) is 24.7. The van der Waals surface area contributed by atoms with Gasteiger partial charge in [-0.3, -0.25) is 14.5 Å². The summed E-state index contributed by atoms with van der Waals surface area (Å²) in [5, 5.41) is 2.15. The van der Waals surface area contributed by atoms with Crippen molar-refractivity contribution in [1.29, 1.82) is 0 Å². The number of carbonyl (C=O) groups excluding carboxylic acids is 1. The number of nitrogens with zero attached hydrogens (tertiary/aromatic N) is 1. The van der Waals surface area contributed by atoms with Crippen LogP contribution in [0.25, 0.3) is 11.2 Å². The summed E-state index contributed by atoms with van der Waals surface area (Å²) < 4.78 is 57.1. The van der Waals surface area contributed by atoms with Gasteiger partial charge in [0.25, 0.3) is 21.6 Å². The molecule has 2 aromatic heterocycles. The van der Waals surface area contributed by atoms with E-state index in [0.717, 1.165) is 17.7 Å². The first-order chi connectivity index (χ1) is 16.0. The number of pyridine rings is 1. The molecule has 0 radical (unpaired) electrons. The number of amides is 1. The van der Waals surface area contributed by atoms with E-state index in [1.807, 2.05) is 20.8 Å². The number of hydrogen-bond donors (Lipinski definition) is 3. The van der Waals surface area contributed by atoms with Crippen LogP contribution in [-0.4, -0.2) is 24.3 Å². The van der Waals surface area contributed by atoms with Crippen LogP contribution in [0, 0.1) is 11.6 Å². The molecule has 0 aliphatic heterocycles. The van der Waals surface area contributed by atoms with Gasteiger partial charge in [-0.05, 0) is 41.3 Å². The molecule has 8 nitrogen and oxygen atoms in total. The van der Waals surface area contributed by atoms with Crippen molar-refractivity contribution in [2.75, 3.05) is 10.0 Å². The van der Waals surface area contributed by atoms with Crippen molar-refractivity contribution >= 4 is 38.5 Å². The minimum atomic E-state index is -4.17. The molecule has 0 aliphatic rings. The lowest BCUT2D eigenvalue weighted by atomic mass is 9.87. The molecule has 4 rings (SSSR count). The largest absolute Gasteiger partial charge is 0.317 e. The van der Waals surface area contributed by atoms with E-state index in [9.17, 15) is 17.6 Å². The number of anilines is 2. The van der Waals surface area contributed by atoms with E-state index in [4.69, 9.17) is 0 Å². The van der Waals surface area contributed by atoms with Crippen LogP contribution in [0.4, 0.5) is 20.2 Å². The maximum absolute atomic E-state index is 15.1. The molecule has 4 N–H and O–H groups in total. The molecule has 34 heavy (non-hydrogen) atoms. The summed E-state index contributed by atoms with van der Waals surface area (Å²) in [5.74, 6) is -3.14. The smallest absolute Gasteiger partial charge is 0.299 e. The summed E-state index contributed by atoms with van der Waals surface area (Å²) in [6.45, 7) is 5.97. The van der Waals surface area contributed by atoms with E-state index in [1.54, 1.807) is 12.1 Å². The monoisotopic (exact) mass is 486 g/mol. The van der Waals surface area contributed by atoms with Gasteiger partial charge in [0, 0.05) is 0 Å². The Labute approximate surface area is 194 Å². The molecule has 2 heterocycles. The average Bonchev–Trinajstić information content (AvgIpc) is 3.26. The number of halogens is 2. The van der Waals surface area contributed by atoms with Crippen molar-refractivity contribution < 1.29 is 27.0 Å². The van der Waals surface area contributed by atoms with E-state index in [0.29, 0.717) is 11.2 Å². The average molecular weight is 487 g/mol. The number of H-pyrrole nitrogens is 2. The Morgan fingerprint density at radius 1 is 1.09 bits per heavy atom. The van der Waals surface area contributed by atoms with Gasteiger partial charge in [0.05, 0.1) is 16.1 Å². The highest BCUT2D eigenvalue weighted by molar-refractivity contribution is 7.92. The number of fused-ring (bicyclic) bond motifs is 1. The molecule has 11 heteroatoms. The van der Waals surface area contributed by atoms with Gasteiger partial charge in [0.1, 0.15) is 17.7 Å². The number of hydrogen-bond acceptors (Lipinski definition) is 4. The van der Waals surface area contributed by atoms with Gasteiger partial charge in [0.2, 0.25) is 0 Å². The highest BCUT2D eigenvalue weighted by atomic mass is 32.2. The second-order valence-electron chi connectivity index (χ2n) is 8.67. The normalized spacial score (nSPS) is 12.0. The molecule has 0 spiro atoms. The maximum Gasteiger partial charge on any atom is 0.299 e. The Bertz CT molecular complexity index is 1490. The molecule has 0 fully saturated rings. The van der Waals surface area contributed by atoms with E-state index in [1.165, 1.54) is 30.7 Å². The van der Waals surface area contributed by atoms with Crippen LogP contribution < -0.4 is 15.0 Å². The Kier molecular flexibility index (Phi) is 5.82. The van der Waals surface area contributed by atoms with Gasteiger partial charge in [-0.1, -0.05) is 32.9 Å². The number of aromatic nitrogens is 3. The number of nitrogens with one attached hydrogen (secondary N) is 4. The molecular formula is C23H22F2N5O3S+. The number of imidazole rings is 1. The van der Waals surface area contributed by atoms with Crippen LogP contribution in [0.5, 0.6) is 0 Å². The second-order valence-corrected chi connectivity index (χ2v) is 10.4. The SMILES string of the molecule is CC(C)(C)c1ccc(S(=O)(=O)Nc2ccc(F)c(NC(=O)c3cnc4[nH+]c[nH]c4c3)c2F)cc1. The standard InChI is InChI=1S/C23H21F2N5O3S/c1-23(2,3)14-4-6-15(7-5-14)34(32,33)30-17-9-8-16(24)20(19(17)25)29-22(31)13-10-18-21(26-11-13)28-12-27-18/h4-12,30H,1-3H3,(H,29,31)(H,26,27,28)/p+1. The first-order valence-corrected chi connectivity index (χ1v) is 11.7. The summed E-state index contributed by atoms with van der Waals surface area (Å²) in [7, 11) is -4.17. The maximum atomic E-state index is 15.1. The molecule has 1 amide bonds. The number of carbonyl (C=O) groups is 1. The first kappa shape index (κ1) is 23.3. The third-order valence-electron chi connectivity index (χ3n) is 5.19. The van der Waals surface area contributed by atoms with Crippen LogP contribution >= 0.6 is 0 Å². The zero-order valence-corrected chi connectivity index (χ0v) is 19.3. The van der Waals surface area contributed by atoms with E-state index in [-0.39, 0.29) is 15.9 Å². The highest BCUT2D eigenvalue weighted by Crippen LogP contribution is 2.29. The van der Waals surface area contributed by atoms with E-state index in [2.05, 4.69) is 25.0 Å². The Balaban J connectivity index is 1.60. The molecule has 2 aromatic carbocycles. The molecule has 0 saturated heterocycles. The summed E-state index contributed by atoms with van der Waals surface area (Å²) in [6.07, 6.45) is 2.76. The number of rotatable bonds is 5. The van der Waals surface area contributed by atoms with Gasteiger partial charge >= 0.3 is 0 Å². The van der Waals surface area contributed by atoms with Crippen LogP contribution in [0.15, 0.2) is 59.9 Å². The molecule has 0 bridgehead atoms. The Morgan fingerprint density at radius 3 is 2.47 bits per heavy atom. The van der Waals surface area contributed by atoms with Gasteiger partial charge in [0.15, 0.2) is 17.7 Å². The van der Waals surface area contributed by atoms with Gasteiger partial charge in [-0.15, -0.1) is 4.98 Å². The minimum absolute atomic E-state index is 0.0482. The summed E-state index contributed by atoms with van der Waals surface area (Å²) in [5.41, 5.74) is 0.524. The number of aromatic amines is 2. The summed E-state index contributed by atoms with van der Waals surface area (Å²) in [4.78, 5) is 22.2. The van der Waals surface area contributed by atoms with Gasteiger partial charge < -0.3 is 5.32 Å². The van der Waals surface area contributed by atoms with Crippen LogP contribution in [-0.2, 0) is 15.4 Å². The van der Waals surface area contributed by atoms with E-state index >= 15 is 4.39 Å². The fourth-order valence-electron chi connectivity index (χ4n) is 3.27. The van der Waals surface area contributed by atoms with E-state index < -0.39 is 38.9 Å². The summed E-state index contributed by atoms with van der Waals surface area (Å²) >= 11 is 0. The molecule has 0 unspecified atom stereocenters. The minimum Gasteiger partial charge on any atom is -0.317 e. The third-order valence-corrected chi connectivity index (χ3v) is 6.57. The zero-order valence-electron chi connectivity index (χ0n) is 18.5. The quantitative estimate of drug-likeness (QED) is 0.395. The number of benzene rings is 2. The lowest BCUT2D eigenvalue weighted by Gasteiger charge is -2.19. The van der Waals surface area contributed by atoms with Crippen molar-refractivity contribution in [2.24, 2.45) is 0 Å². The fraction of sp³-hybridized carbons (Fsp3) is 0.174. The Hall–Kier alpha value is -3.86. The summed E-state index contributed by atoms with van der Waals surface area (Å²) in [6, 6.07) is 9.44. The predicted molar refractivity (Wildman–Crippen MR) is 123 cm³/mol. The lowest BCUT2D eigenvalue weighted by Crippen LogP contribution is -2.18. The van der Waals surface area contributed by atoms with Crippen LogP contribution in [0.3, 0.4) is 0 Å². The van der Waals surface area contributed by atoms with Gasteiger partial charge in [-0.2, -0.15) is 0 Å². The first-order valence-electron chi connectivity index (χ1n) is 10.2. The van der Waals surface area contributed by atoms with Crippen molar-refractivity contribution in [2.45, 2.75) is 31.1 Å². The van der Waals surface area contributed by atoms with Crippen molar-refractivity contribution in [3.8, 4) is 0 Å². The molecule has 0 aliphatic carbocycles. The molecular weight excluding hydrogens is 464 g/mol. The molecule has 176 valence electrons. The third kappa shape index (κ3) is 4.60.